The van der Waals surface area contributed by atoms with Crippen molar-refractivity contribution in [3.05, 3.63) is 35.6 Å². The minimum Gasteiger partial charge on any atom is -0.390 e. The molecule has 3 heteroatoms. The molecule has 1 atom stereocenters. The first kappa shape index (κ1) is 13.5. The van der Waals surface area contributed by atoms with Gasteiger partial charge in [0.2, 0.25) is 0 Å². The fourth-order valence-corrected chi connectivity index (χ4v) is 2.90. The number of aliphatic hydroxyl groups excluding tert-OH is 1. The summed E-state index contributed by atoms with van der Waals surface area (Å²) >= 11 is 0. The maximum absolute atomic E-state index is 13.1. The largest absolute Gasteiger partial charge is 0.390 e. The highest BCUT2D eigenvalue weighted by Gasteiger charge is 2.38. The molecule has 1 fully saturated rings. The van der Waals surface area contributed by atoms with Gasteiger partial charge in [-0.05, 0) is 30.5 Å². The van der Waals surface area contributed by atoms with Gasteiger partial charge in [0, 0.05) is 13.5 Å². The smallest absolute Gasteiger partial charge is 0.123 e. The SMILES string of the molecule is COC1(C(O)Cc2cccc(F)c2)CCCCC1. The number of benzene rings is 1. The third-order valence-electron chi connectivity index (χ3n) is 4.03. The van der Waals surface area contributed by atoms with E-state index >= 15 is 0 Å². The van der Waals surface area contributed by atoms with Gasteiger partial charge in [-0.3, -0.25) is 0 Å². The molecule has 0 heterocycles. The fourth-order valence-electron chi connectivity index (χ4n) is 2.90. The van der Waals surface area contributed by atoms with Gasteiger partial charge in [0.25, 0.3) is 0 Å². The molecule has 100 valence electrons. The number of ether oxygens (including phenoxy) is 1. The van der Waals surface area contributed by atoms with Crippen LogP contribution in [0.3, 0.4) is 0 Å². The number of aliphatic hydroxyl groups is 1. The molecule has 0 amide bonds. The molecule has 0 radical (unpaired) electrons. The van der Waals surface area contributed by atoms with E-state index in [1.54, 1.807) is 13.2 Å². The van der Waals surface area contributed by atoms with Crippen LogP contribution < -0.4 is 0 Å². The predicted octanol–water partition coefficient (Wildman–Crippen LogP) is 3.08. The van der Waals surface area contributed by atoms with E-state index < -0.39 is 11.7 Å². The van der Waals surface area contributed by atoms with Crippen LogP contribution in [0.25, 0.3) is 0 Å². The van der Waals surface area contributed by atoms with Crippen molar-refractivity contribution in [3.63, 3.8) is 0 Å². The highest BCUT2D eigenvalue weighted by Crippen LogP contribution is 2.35. The fraction of sp³-hybridized carbons (Fsp3) is 0.600. The topological polar surface area (TPSA) is 29.5 Å². The highest BCUT2D eigenvalue weighted by atomic mass is 19.1. The zero-order valence-electron chi connectivity index (χ0n) is 10.9. The maximum Gasteiger partial charge on any atom is 0.123 e. The Hall–Kier alpha value is -0.930. The summed E-state index contributed by atoms with van der Waals surface area (Å²) in [6.45, 7) is 0. The molecule has 2 rings (SSSR count). The van der Waals surface area contributed by atoms with Gasteiger partial charge in [0.15, 0.2) is 0 Å². The lowest BCUT2D eigenvalue weighted by Gasteiger charge is -2.40. The molecular weight excluding hydrogens is 231 g/mol. The molecule has 1 aliphatic rings. The number of methoxy groups -OCH3 is 1. The molecule has 0 aromatic heterocycles. The molecule has 0 bridgehead atoms. The molecular formula is C15H21FO2. The zero-order chi connectivity index (χ0) is 13.0. The first-order valence-corrected chi connectivity index (χ1v) is 6.64. The van der Waals surface area contributed by atoms with Gasteiger partial charge in [0.1, 0.15) is 5.82 Å². The van der Waals surface area contributed by atoms with Crippen LogP contribution in [0.2, 0.25) is 0 Å². The van der Waals surface area contributed by atoms with Crippen LogP contribution in [0, 0.1) is 5.82 Å². The average molecular weight is 252 g/mol. The molecule has 1 aliphatic carbocycles. The van der Waals surface area contributed by atoms with Crippen LogP contribution in [0.5, 0.6) is 0 Å². The van der Waals surface area contributed by atoms with Crippen molar-refractivity contribution >= 4 is 0 Å². The molecule has 1 N–H and O–H groups in total. The maximum atomic E-state index is 13.1. The van der Waals surface area contributed by atoms with E-state index in [2.05, 4.69) is 0 Å². The van der Waals surface area contributed by atoms with E-state index in [-0.39, 0.29) is 5.82 Å². The van der Waals surface area contributed by atoms with Crippen LogP contribution in [0.4, 0.5) is 4.39 Å². The lowest BCUT2D eigenvalue weighted by molar-refractivity contribution is -0.122. The van der Waals surface area contributed by atoms with Crippen molar-refractivity contribution < 1.29 is 14.2 Å². The summed E-state index contributed by atoms with van der Waals surface area (Å²) in [5, 5.41) is 10.4. The summed E-state index contributed by atoms with van der Waals surface area (Å²) in [4.78, 5) is 0. The van der Waals surface area contributed by atoms with Gasteiger partial charge in [-0.1, -0.05) is 31.4 Å². The zero-order valence-corrected chi connectivity index (χ0v) is 10.9. The van der Waals surface area contributed by atoms with Crippen molar-refractivity contribution in [2.45, 2.75) is 50.2 Å². The van der Waals surface area contributed by atoms with Gasteiger partial charge < -0.3 is 9.84 Å². The van der Waals surface area contributed by atoms with Crippen LogP contribution in [0.1, 0.15) is 37.7 Å². The van der Waals surface area contributed by atoms with Gasteiger partial charge in [-0.15, -0.1) is 0 Å². The van der Waals surface area contributed by atoms with E-state index in [0.29, 0.717) is 6.42 Å². The van der Waals surface area contributed by atoms with E-state index in [1.165, 1.54) is 18.6 Å². The molecule has 0 aliphatic heterocycles. The van der Waals surface area contributed by atoms with Gasteiger partial charge in [-0.2, -0.15) is 0 Å². The molecule has 1 unspecified atom stereocenters. The van der Waals surface area contributed by atoms with Crippen molar-refractivity contribution in [1.29, 1.82) is 0 Å². The Bertz CT molecular complexity index is 386. The summed E-state index contributed by atoms with van der Waals surface area (Å²) in [5.74, 6) is -0.255. The van der Waals surface area contributed by atoms with Crippen molar-refractivity contribution in [2.75, 3.05) is 7.11 Å². The van der Waals surface area contributed by atoms with E-state index in [0.717, 1.165) is 31.2 Å². The number of hydrogen-bond acceptors (Lipinski definition) is 2. The van der Waals surface area contributed by atoms with E-state index in [4.69, 9.17) is 4.74 Å². The minimum atomic E-state index is -0.565. The highest BCUT2D eigenvalue weighted by molar-refractivity contribution is 5.18. The third kappa shape index (κ3) is 2.90. The Kier molecular flexibility index (Phi) is 4.36. The first-order chi connectivity index (χ1) is 8.66. The summed E-state index contributed by atoms with van der Waals surface area (Å²) in [6, 6.07) is 6.42. The summed E-state index contributed by atoms with van der Waals surface area (Å²) in [5.41, 5.74) is 0.384. The van der Waals surface area contributed by atoms with Crippen LogP contribution in [-0.2, 0) is 11.2 Å². The van der Waals surface area contributed by atoms with Crippen molar-refractivity contribution in [1.82, 2.24) is 0 Å². The lowest BCUT2D eigenvalue weighted by atomic mass is 9.78. The van der Waals surface area contributed by atoms with Crippen molar-refractivity contribution in [2.24, 2.45) is 0 Å². The van der Waals surface area contributed by atoms with E-state index in [1.807, 2.05) is 6.07 Å². The van der Waals surface area contributed by atoms with Crippen LogP contribution in [-0.4, -0.2) is 23.9 Å². The molecule has 1 saturated carbocycles. The lowest BCUT2D eigenvalue weighted by Crippen LogP contribution is -2.46. The molecule has 0 spiro atoms. The summed E-state index contributed by atoms with van der Waals surface area (Å²) < 4.78 is 18.7. The Labute approximate surface area is 108 Å². The number of rotatable bonds is 4. The van der Waals surface area contributed by atoms with Gasteiger partial charge in [0.05, 0.1) is 11.7 Å². The van der Waals surface area contributed by atoms with Crippen LogP contribution in [0.15, 0.2) is 24.3 Å². The third-order valence-corrected chi connectivity index (χ3v) is 4.03. The van der Waals surface area contributed by atoms with Crippen molar-refractivity contribution in [3.8, 4) is 0 Å². The minimum absolute atomic E-state index is 0.255. The second kappa shape index (κ2) is 5.81. The first-order valence-electron chi connectivity index (χ1n) is 6.64. The second-order valence-corrected chi connectivity index (χ2v) is 5.18. The Morgan fingerprint density at radius 3 is 2.67 bits per heavy atom. The molecule has 1 aromatic rings. The Balaban J connectivity index is 2.07. The standard InChI is InChI=1S/C15H21FO2/c1-18-15(8-3-2-4-9-15)14(17)11-12-6-5-7-13(16)10-12/h5-7,10,14,17H,2-4,8-9,11H2,1H3. The van der Waals surface area contributed by atoms with E-state index in [9.17, 15) is 9.50 Å². The Morgan fingerprint density at radius 2 is 2.06 bits per heavy atom. The Morgan fingerprint density at radius 1 is 1.33 bits per heavy atom. The number of hydrogen-bond donors (Lipinski definition) is 1. The second-order valence-electron chi connectivity index (χ2n) is 5.18. The summed E-state index contributed by atoms with van der Waals surface area (Å²) in [7, 11) is 1.67. The molecule has 1 aromatic carbocycles. The normalized spacial score (nSPS) is 20.6. The predicted molar refractivity (Wildman–Crippen MR) is 68.9 cm³/mol. The quantitative estimate of drug-likeness (QED) is 0.892. The van der Waals surface area contributed by atoms with Gasteiger partial charge in [-0.25, -0.2) is 4.39 Å². The van der Waals surface area contributed by atoms with Gasteiger partial charge >= 0.3 is 0 Å². The molecule has 0 saturated heterocycles. The number of halogens is 1. The monoisotopic (exact) mass is 252 g/mol. The molecule has 18 heavy (non-hydrogen) atoms. The summed E-state index contributed by atoms with van der Waals surface area (Å²) in [6.07, 6.45) is 5.05. The average Bonchev–Trinajstić information content (AvgIpc) is 2.39. The van der Waals surface area contributed by atoms with Crippen LogP contribution >= 0.6 is 0 Å². The molecule has 2 nitrogen and oxygen atoms in total.